The minimum atomic E-state index is -4.63. The molecule has 128 valence electrons. The summed E-state index contributed by atoms with van der Waals surface area (Å²) in [4.78, 5) is 13.7. The van der Waals surface area contributed by atoms with Gasteiger partial charge in [0.05, 0.1) is 4.90 Å². The SMILES string of the molecule is CNCC1CCCN(C(=O)c2ccc(S(=O)(=O)C(F)F)cc2)C1. The van der Waals surface area contributed by atoms with Gasteiger partial charge in [-0.05, 0) is 56.6 Å². The van der Waals surface area contributed by atoms with Crippen LogP contribution in [0, 0.1) is 5.92 Å². The highest BCUT2D eigenvalue weighted by atomic mass is 32.2. The summed E-state index contributed by atoms with van der Waals surface area (Å²) in [6, 6.07) is 4.70. The van der Waals surface area contributed by atoms with E-state index in [1.807, 2.05) is 7.05 Å². The van der Waals surface area contributed by atoms with Crippen molar-refractivity contribution in [2.24, 2.45) is 5.92 Å². The third-order valence-electron chi connectivity index (χ3n) is 3.96. The quantitative estimate of drug-likeness (QED) is 0.882. The van der Waals surface area contributed by atoms with Gasteiger partial charge in [0.1, 0.15) is 0 Å². The van der Waals surface area contributed by atoms with Crippen molar-refractivity contribution in [2.75, 3.05) is 26.7 Å². The Morgan fingerprint density at radius 1 is 1.35 bits per heavy atom. The van der Waals surface area contributed by atoms with Crippen LogP contribution in [0.5, 0.6) is 0 Å². The van der Waals surface area contributed by atoms with Crippen molar-refractivity contribution in [3.05, 3.63) is 29.8 Å². The number of nitrogens with one attached hydrogen (secondary N) is 1. The highest BCUT2D eigenvalue weighted by Crippen LogP contribution is 2.21. The average molecular weight is 346 g/mol. The van der Waals surface area contributed by atoms with Crippen LogP contribution in [0.3, 0.4) is 0 Å². The topological polar surface area (TPSA) is 66.5 Å². The molecule has 1 unspecified atom stereocenters. The first-order valence-corrected chi connectivity index (χ1v) is 8.97. The molecule has 5 nitrogen and oxygen atoms in total. The third kappa shape index (κ3) is 4.06. The zero-order valence-electron chi connectivity index (χ0n) is 12.8. The molecule has 1 heterocycles. The Balaban J connectivity index is 2.11. The molecule has 1 amide bonds. The molecule has 0 aromatic heterocycles. The maximum absolute atomic E-state index is 12.5. The van der Waals surface area contributed by atoms with Gasteiger partial charge in [0.2, 0.25) is 9.84 Å². The first-order chi connectivity index (χ1) is 10.9. The Hall–Kier alpha value is -1.54. The van der Waals surface area contributed by atoms with Crippen LogP contribution in [0.15, 0.2) is 29.2 Å². The molecule has 0 spiro atoms. The van der Waals surface area contributed by atoms with Gasteiger partial charge in [0.25, 0.3) is 5.91 Å². The molecular formula is C15H20F2N2O3S. The second-order valence-electron chi connectivity index (χ2n) is 5.65. The first-order valence-electron chi connectivity index (χ1n) is 7.42. The van der Waals surface area contributed by atoms with Gasteiger partial charge in [-0.25, -0.2) is 8.42 Å². The van der Waals surface area contributed by atoms with Crippen molar-refractivity contribution in [1.29, 1.82) is 0 Å². The van der Waals surface area contributed by atoms with E-state index in [1.165, 1.54) is 12.1 Å². The predicted octanol–water partition coefficient (Wildman–Crippen LogP) is 1.75. The van der Waals surface area contributed by atoms with Crippen LogP contribution in [0.4, 0.5) is 8.78 Å². The fraction of sp³-hybridized carbons (Fsp3) is 0.533. The van der Waals surface area contributed by atoms with Gasteiger partial charge in [-0.2, -0.15) is 8.78 Å². The Morgan fingerprint density at radius 2 is 2.00 bits per heavy atom. The molecule has 1 aliphatic rings. The number of piperidine rings is 1. The Kier molecular flexibility index (Phi) is 5.69. The van der Waals surface area contributed by atoms with Crippen LogP contribution in [0.1, 0.15) is 23.2 Å². The molecule has 1 atom stereocenters. The maximum atomic E-state index is 12.5. The number of sulfone groups is 1. The monoisotopic (exact) mass is 346 g/mol. The number of amides is 1. The molecule has 1 aliphatic heterocycles. The maximum Gasteiger partial charge on any atom is 0.341 e. The number of hydrogen-bond acceptors (Lipinski definition) is 4. The summed E-state index contributed by atoms with van der Waals surface area (Å²) in [6.07, 6.45) is 1.96. The van der Waals surface area contributed by atoms with Gasteiger partial charge in [-0.1, -0.05) is 0 Å². The number of nitrogens with zero attached hydrogens (tertiary/aromatic N) is 1. The fourth-order valence-corrected chi connectivity index (χ4v) is 3.50. The van der Waals surface area contributed by atoms with E-state index in [2.05, 4.69) is 5.32 Å². The highest BCUT2D eigenvalue weighted by molar-refractivity contribution is 7.91. The molecule has 0 saturated carbocycles. The fourth-order valence-electron chi connectivity index (χ4n) is 2.78. The van der Waals surface area contributed by atoms with Crippen LogP contribution in [-0.4, -0.2) is 51.7 Å². The second-order valence-corrected chi connectivity index (χ2v) is 7.56. The molecule has 1 fully saturated rings. The molecule has 0 bridgehead atoms. The molecule has 1 aromatic rings. The Labute approximate surface area is 134 Å². The summed E-state index contributed by atoms with van der Waals surface area (Å²) in [5.74, 6) is -3.28. The molecule has 23 heavy (non-hydrogen) atoms. The van der Waals surface area contributed by atoms with Crippen LogP contribution in [-0.2, 0) is 9.84 Å². The van der Waals surface area contributed by atoms with Crippen LogP contribution in [0.2, 0.25) is 0 Å². The van der Waals surface area contributed by atoms with Crippen LogP contribution >= 0.6 is 0 Å². The largest absolute Gasteiger partial charge is 0.341 e. The summed E-state index contributed by atoms with van der Waals surface area (Å²) in [6.45, 7) is 2.11. The van der Waals surface area contributed by atoms with Crippen molar-refractivity contribution in [3.8, 4) is 0 Å². The minimum Gasteiger partial charge on any atom is -0.338 e. The number of hydrogen-bond donors (Lipinski definition) is 1. The van der Waals surface area contributed by atoms with Crippen molar-refractivity contribution in [3.63, 3.8) is 0 Å². The summed E-state index contributed by atoms with van der Waals surface area (Å²) < 4.78 is 47.7. The van der Waals surface area contributed by atoms with Gasteiger partial charge in [0.15, 0.2) is 0 Å². The highest BCUT2D eigenvalue weighted by Gasteiger charge is 2.28. The van der Waals surface area contributed by atoms with Crippen LogP contribution in [0.25, 0.3) is 0 Å². The Morgan fingerprint density at radius 3 is 2.57 bits per heavy atom. The summed E-state index contributed by atoms with van der Waals surface area (Å²) in [5, 5.41) is 3.10. The van der Waals surface area contributed by atoms with Crippen LogP contribution < -0.4 is 5.32 Å². The summed E-state index contributed by atoms with van der Waals surface area (Å²) >= 11 is 0. The first kappa shape index (κ1) is 17.8. The number of alkyl halides is 2. The lowest BCUT2D eigenvalue weighted by Gasteiger charge is -2.32. The lowest BCUT2D eigenvalue weighted by molar-refractivity contribution is 0.0674. The molecule has 1 N–H and O–H groups in total. The third-order valence-corrected chi connectivity index (χ3v) is 5.36. The predicted molar refractivity (Wildman–Crippen MR) is 82.2 cm³/mol. The number of likely N-dealkylation sites (tertiary alicyclic amines) is 1. The van der Waals surface area contributed by atoms with E-state index in [4.69, 9.17) is 0 Å². The molecule has 0 radical (unpaired) electrons. The molecule has 1 aromatic carbocycles. The molecule has 2 rings (SSSR count). The minimum absolute atomic E-state index is 0.202. The standard InChI is InChI=1S/C15H20F2N2O3S/c1-18-9-11-3-2-8-19(10-11)14(20)12-4-6-13(7-5-12)23(21,22)15(16)17/h4-7,11,15,18H,2-3,8-10H2,1H3. The molecule has 8 heteroatoms. The van der Waals surface area contributed by atoms with E-state index in [0.29, 0.717) is 24.6 Å². The normalized spacial score (nSPS) is 19.1. The number of rotatable bonds is 5. The van der Waals surface area contributed by atoms with Gasteiger partial charge in [-0.3, -0.25) is 4.79 Å². The lowest BCUT2D eigenvalue weighted by Crippen LogP contribution is -2.42. The van der Waals surface area contributed by atoms with Gasteiger partial charge in [-0.15, -0.1) is 0 Å². The van der Waals surface area contributed by atoms with E-state index < -0.39 is 20.5 Å². The zero-order chi connectivity index (χ0) is 17.0. The molecular weight excluding hydrogens is 326 g/mol. The summed E-state index contributed by atoms with van der Waals surface area (Å²) in [5.41, 5.74) is 0.309. The second kappa shape index (κ2) is 7.35. The van der Waals surface area contributed by atoms with E-state index in [-0.39, 0.29) is 5.91 Å². The number of halogens is 2. The van der Waals surface area contributed by atoms with Gasteiger partial charge >= 0.3 is 5.76 Å². The lowest BCUT2D eigenvalue weighted by atomic mass is 9.97. The van der Waals surface area contributed by atoms with Crippen molar-refractivity contribution >= 4 is 15.7 Å². The molecule has 1 saturated heterocycles. The van der Waals surface area contributed by atoms with E-state index in [9.17, 15) is 22.0 Å². The van der Waals surface area contributed by atoms with E-state index in [1.54, 1.807) is 4.90 Å². The average Bonchev–Trinajstić information content (AvgIpc) is 2.54. The van der Waals surface area contributed by atoms with Crippen molar-refractivity contribution in [2.45, 2.75) is 23.5 Å². The number of benzene rings is 1. The van der Waals surface area contributed by atoms with E-state index in [0.717, 1.165) is 31.5 Å². The van der Waals surface area contributed by atoms with Gasteiger partial charge < -0.3 is 10.2 Å². The smallest absolute Gasteiger partial charge is 0.338 e. The number of carbonyl (C=O) groups is 1. The van der Waals surface area contributed by atoms with Crippen molar-refractivity contribution in [1.82, 2.24) is 10.2 Å². The Bertz CT molecular complexity index is 645. The number of carbonyl (C=O) groups excluding carboxylic acids is 1. The van der Waals surface area contributed by atoms with Gasteiger partial charge in [0, 0.05) is 18.7 Å². The summed E-state index contributed by atoms with van der Waals surface area (Å²) in [7, 11) is -2.76. The molecule has 0 aliphatic carbocycles. The van der Waals surface area contributed by atoms with E-state index >= 15 is 0 Å². The van der Waals surface area contributed by atoms with Crippen molar-refractivity contribution < 1.29 is 22.0 Å². The zero-order valence-corrected chi connectivity index (χ0v) is 13.7.